The van der Waals surface area contributed by atoms with Crippen LogP contribution in [0.3, 0.4) is 0 Å². The van der Waals surface area contributed by atoms with E-state index < -0.39 is 0 Å². The van der Waals surface area contributed by atoms with E-state index in [2.05, 4.69) is 24.5 Å². The molecule has 13 heavy (non-hydrogen) atoms. The van der Waals surface area contributed by atoms with E-state index in [1.54, 1.807) is 0 Å². The van der Waals surface area contributed by atoms with Gasteiger partial charge in [0.25, 0.3) is 0 Å². The van der Waals surface area contributed by atoms with Crippen LogP contribution in [-0.2, 0) is 4.79 Å². The molecule has 2 N–H and O–H groups in total. The molecule has 0 saturated carbocycles. The van der Waals surface area contributed by atoms with Crippen molar-refractivity contribution in [1.82, 2.24) is 10.6 Å². The standard InChI is InChI=1S/C10H20N2O/c1-8(2)3-4-10(13)12-9-5-6-11-7-9/h8-9,11H,3-7H2,1-2H3,(H,12,13)/t9-/m1/s1. The third kappa shape index (κ3) is 4.27. The lowest BCUT2D eigenvalue weighted by Gasteiger charge is -2.11. The smallest absolute Gasteiger partial charge is 0.220 e. The molecule has 3 heteroatoms. The van der Waals surface area contributed by atoms with Crippen molar-refractivity contribution in [1.29, 1.82) is 0 Å². The molecule has 0 radical (unpaired) electrons. The van der Waals surface area contributed by atoms with Gasteiger partial charge >= 0.3 is 0 Å². The molecule has 1 fully saturated rings. The van der Waals surface area contributed by atoms with Gasteiger partial charge in [-0.2, -0.15) is 0 Å². The molecule has 1 atom stereocenters. The van der Waals surface area contributed by atoms with Crippen molar-refractivity contribution in [3.63, 3.8) is 0 Å². The van der Waals surface area contributed by atoms with Gasteiger partial charge in [0.2, 0.25) is 5.91 Å². The second kappa shape index (κ2) is 5.22. The van der Waals surface area contributed by atoms with E-state index in [1.165, 1.54) is 0 Å². The minimum Gasteiger partial charge on any atom is -0.352 e. The summed E-state index contributed by atoms with van der Waals surface area (Å²) >= 11 is 0. The first kappa shape index (κ1) is 10.5. The van der Waals surface area contributed by atoms with Crippen LogP contribution < -0.4 is 10.6 Å². The first-order chi connectivity index (χ1) is 6.18. The van der Waals surface area contributed by atoms with Gasteiger partial charge in [0.1, 0.15) is 0 Å². The average Bonchev–Trinajstić information content (AvgIpc) is 2.53. The zero-order chi connectivity index (χ0) is 9.68. The molecule has 0 aromatic rings. The summed E-state index contributed by atoms with van der Waals surface area (Å²) in [6.45, 7) is 6.26. The largest absolute Gasteiger partial charge is 0.352 e. The van der Waals surface area contributed by atoms with Gasteiger partial charge in [-0.3, -0.25) is 4.79 Å². The molecule has 1 heterocycles. The highest BCUT2D eigenvalue weighted by atomic mass is 16.1. The van der Waals surface area contributed by atoms with Crippen LogP contribution in [0.4, 0.5) is 0 Å². The Balaban J connectivity index is 2.09. The van der Waals surface area contributed by atoms with Crippen LogP contribution in [-0.4, -0.2) is 25.0 Å². The van der Waals surface area contributed by atoms with E-state index in [1.807, 2.05) is 0 Å². The van der Waals surface area contributed by atoms with Crippen LogP contribution in [0.15, 0.2) is 0 Å². The van der Waals surface area contributed by atoms with Gasteiger partial charge in [0, 0.05) is 19.0 Å². The van der Waals surface area contributed by atoms with Crippen LogP contribution in [0.5, 0.6) is 0 Å². The summed E-state index contributed by atoms with van der Waals surface area (Å²) in [5.41, 5.74) is 0. The van der Waals surface area contributed by atoms with Crippen LogP contribution in [0.25, 0.3) is 0 Å². The van der Waals surface area contributed by atoms with E-state index in [9.17, 15) is 4.79 Å². The summed E-state index contributed by atoms with van der Waals surface area (Å²) in [5, 5.41) is 6.26. The van der Waals surface area contributed by atoms with Crippen molar-refractivity contribution in [3.05, 3.63) is 0 Å². The zero-order valence-electron chi connectivity index (χ0n) is 8.60. The SMILES string of the molecule is CC(C)CCC(=O)N[C@@H]1CCNC1. The molecule has 0 spiro atoms. The summed E-state index contributed by atoms with van der Waals surface area (Å²) < 4.78 is 0. The van der Waals surface area contributed by atoms with Crippen molar-refractivity contribution in [2.75, 3.05) is 13.1 Å². The molecule has 1 aliphatic heterocycles. The van der Waals surface area contributed by atoms with Gasteiger partial charge in [-0.25, -0.2) is 0 Å². The first-order valence-electron chi connectivity index (χ1n) is 5.18. The van der Waals surface area contributed by atoms with Crippen molar-refractivity contribution in [3.8, 4) is 0 Å². The summed E-state index contributed by atoms with van der Waals surface area (Å²) in [5.74, 6) is 0.829. The molecule has 1 saturated heterocycles. The number of carbonyl (C=O) groups excluding carboxylic acids is 1. The lowest BCUT2D eigenvalue weighted by Crippen LogP contribution is -2.36. The summed E-state index contributed by atoms with van der Waals surface area (Å²) in [6.07, 6.45) is 2.74. The summed E-state index contributed by atoms with van der Waals surface area (Å²) in [7, 11) is 0. The molecular formula is C10H20N2O. The molecule has 3 nitrogen and oxygen atoms in total. The van der Waals surface area contributed by atoms with Gasteiger partial charge in [-0.05, 0) is 25.3 Å². The van der Waals surface area contributed by atoms with Gasteiger partial charge in [0.15, 0.2) is 0 Å². The monoisotopic (exact) mass is 184 g/mol. The van der Waals surface area contributed by atoms with Crippen LogP contribution in [0.2, 0.25) is 0 Å². The number of rotatable bonds is 4. The Hall–Kier alpha value is -0.570. The van der Waals surface area contributed by atoms with Gasteiger partial charge in [0.05, 0.1) is 0 Å². The van der Waals surface area contributed by atoms with Crippen LogP contribution in [0, 0.1) is 5.92 Å². The number of hydrogen-bond donors (Lipinski definition) is 2. The number of amides is 1. The molecule has 0 aromatic carbocycles. The highest BCUT2D eigenvalue weighted by Crippen LogP contribution is 2.04. The van der Waals surface area contributed by atoms with E-state index >= 15 is 0 Å². The molecule has 0 unspecified atom stereocenters. The fourth-order valence-electron chi connectivity index (χ4n) is 1.50. The Labute approximate surface area is 80.3 Å². The average molecular weight is 184 g/mol. The Morgan fingerprint density at radius 2 is 2.38 bits per heavy atom. The second-order valence-electron chi connectivity index (χ2n) is 4.19. The Kier molecular flexibility index (Phi) is 4.22. The fourth-order valence-corrected chi connectivity index (χ4v) is 1.50. The summed E-state index contributed by atoms with van der Waals surface area (Å²) in [4.78, 5) is 11.4. The second-order valence-corrected chi connectivity index (χ2v) is 4.19. The van der Waals surface area contributed by atoms with E-state index in [4.69, 9.17) is 0 Å². The number of hydrogen-bond acceptors (Lipinski definition) is 2. The molecule has 0 aromatic heterocycles. The van der Waals surface area contributed by atoms with Gasteiger partial charge in [-0.1, -0.05) is 13.8 Å². The number of nitrogens with one attached hydrogen (secondary N) is 2. The van der Waals surface area contributed by atoms with E-state index in [0.29, 0.717) is 18.4 Å². The van der Waals surface area contributed by atoms with E-state index in [0.717, 1.165) is 25.9 Å². The molecule has 0 aliphatic carbocycles. The lowest BCUT2D eigenvalue weighted by molar-refractivity contribution is -0.121. The van der Waals surface area contributed by atoms with Crippen LogP contribution >= 0.6 is 0 Å². The van der Waals surface area contributed by atoms with Crippen LogP contribution in [0.1, 0.15) is 33.1 Å². The Morgan fingerprint density at radius 1 is 1.62 bits per heavy atom. The minimum absolute atomic E-state index is 0.211. The van der Waals surface area contributed by atoms with Crippen molar-refractivity contribution >= 4 is 5.91 Å². The highest BCUT2D eigenvalue weighted by Gasteiger charge is 2.16. The molecule has 1 aliphatic rings. The van der Waals surface area contributed by atoms with Crippen molar-refractivity contribution in [2.24, 2.45) is 5.92 Å². The maximum Gasteiger partial charge on any atom is 0.220 e. The van der Waals surface area contributed by atoms with Gasteiger partial charge in [-0.15, -0.1) is 0 Å². The Morgan fingerprint density at radius 3 is 2.92 bits per heavy atom. The molecule has 0 bridgehead atoms. The minimum atomic E-state index is 0.211. The third-order valence-corrected chi connectivity index (χ3v) is 2.37. The molecule has 76 valence electrons. The topological polar surface area (TPSA) is 41.1 Å². The van der Waals surface area contributed by atoms with E-state index in [-0.39, 0.29) is 5.91 Å². The fraction of sp³-hybridized carbons (Fsp3) is 0.900. The first-order valence-corrected chi connectivity index (χ1v) is 5.18. The Bertz CT molecular complexity index is 162. The molecular weight excluding hydrogens is 164 g/mol. The van der Waals surface area contributed by atoms with Gasteiger partial charge < -0.3 is 10.6 Å². The zero-order valence-corrected chi connectivity index (χ0v) is 8.60. The van der Waals surface area contributed by atoms with Crippen molar-refractivity contribution < 1.29 is 4.79 Å². The maximum atomic E-state index is 11.4. The van der Waals surface area contributed by atoms with Crippen molar-refractivity contribution in [2.45, 2.75) is 39.2 Å². The predicted molar refractivity (Wildman–Crippen MR) is 53.5 cm³/mol. The highest BCUT2D eigenvalue weighted by molar-refractivity contribution is 5.76. The number of carbonyl (C=O) groups is 1. The third-order valence-electron chi connectivity index (χ3n) is 2.37. The summed E-state index contributed by atoms with van der Waals surface area (Å²) in [6, 6.07) is 0.375. The normalized spacial score (nSPS) is 22.2. The lowest BCUT2D eigenvalue weighted by atomic mass is 10.1. The predicted octanol–water partition coefficient (Wildman–Crippen LogP) is 0.901. The quantitative estimate of drug-likeness (QED) is 0.681. The maximum absolute atomic E-state index is 11.4. The molecule has 1 rings (SSSR count). The molecule has 1 amide bonds.